The topological polar surface area (TPSA) is 43.4 Å². The van der Waals surface area contributed by atoms with Crippen LogP contribution in [0.15, 0.2) is 24.3 Å². The van der Waals surface area contributed by atoms with Crippen LogP contribution in [-0.4, -0.2) is 11.8 Å². The fourth-order valence-corrected chi connectivity index (χ4v) is 3.36. The molecule has 1 aromatic carbocycles. The van der Waals surface area contributed by atoms with Gasteiger partial charge in [0.25, 0.3) is 0 Å². The van der Waals surface area contributed by atoms with Crippen molar-refractivity contribution in [3.8, 4) is 0 Å². The Morgan fingerprint density at radius 1 is 0.821 bits per heavy atom. The van der Waals surface area contributed by atoms with Gasteiger partial charge in [0, 0.05) is 23.5 Å². The Labute approximate surface area is 172 Å². The summed E-state index contributed by atoms with van der Waals surface area (Å²) in [7, 11) is 0. The Bertz CT molecular complexity index is 563. The average molecular weight is 389 g/mol. The highest BCUT2D eigenvalue weighted by atomic mass is 16.5. The molecule has 3 heteroatoms. The molecule has 0 aliphatic carbocycles. The van der Waals surface area contributed by atoms with E-state index in [0.29, 0.717) is 12.0 Å². The third kappa shape index (κ3) is 10.6. The van der Waals surface area contributed by atoms with Gasteiger partial charge in [-0.3, -0.25) is 9.59 Å². The van der Waals surface area contributed by atoms with E-state index < -0.39 is 0 Å². The lowest BCUT2D eigenvalue weighted by molar-refractivity contribution is -0.145. The van der Waals surface area contributed by atoms with Crippen molar-refractivity contribution < 1.29 is 14.3 Å². The van der Waals surface area contributed by atoms with Crippen molar-refractivity contribution in [3.63, 3.8) is 0 Å². The van der Waals surface area contributed by atoms with Crippen LogP contribution in [0.25, 0.3) is 0 Å². The van der Waals surface area contributed by atoms with Gasteiger partial charge in [-0.2, -0.15) is 0 Å². The highest BCUT2D eigenvalue weighted by molar-refractivity contribution is 5.98. The summed E-state index contributed by atoms with van der Waals surface area (Å²) in [5.74, 6) is -0.132. The van der Waals surface area contributed by atoms with Crippen molar-refractivity contribution in [3.05, 3.63) is 35.4 Å². The summed E-state index contributed by atoms with van der Waals surface area (Å²) in [6.45, 7) is 6.21. The van der Waals surface area contributed by atoms with Crippen LogP contribution in [0.4, 0.5) is 0 Å². The van der Waals surface area contributed by atoms with E-state index in [0.717, 1.165) is 18.4 Å². The van der Waals surface area contributed by atoms with Gasteiger partial charge in [-0.25, -0.2) is 0 Å². The van der Waals surface area contributed by atoms with Crippen molar-refractivity contribution in [2.75, 3.05) is 0 Å². The van der Waals surface area contributed by atoms with Crippen LogP contribution >= 0.6 is 0 Å². The Balaban J connectivity index is 2.11. The molecule has 0 radical (unpaired) electrons. The third-order valence-corrected chi connectivity index (χ3v) is 5.18. The fraction of sp³-hybridized carbons (Fsp3) is 0.680. The molecule has 0 saturated carbocycles. The van der Waals surface area contributed by atoms with Crippen LogP contribution in [0, 0.1) is 5.92 Å². The Kier molecular flexibility index (Phi) is 13.3. The summed E-state index contributed by atoms with van der Waals surface area (Å²) in [5.41, 5.74) is 1.47. The van der Waals surface area contributed by atoms with Crippen LogP contribution < -0.4 is 0 Å². The maximum atomic E-state index is 12.3. The highest BCUT2D eigenvalue weighted by Crippen LogP contribution is 2.16. The van der Waals surface area contributed by atoms with Crippen LogP contribution in [-0.2, 0) is 16.1 Å². The highest BCUT2D eigenvalue weighted by Gasteiger charge is 2.15. The lowest BCUT2D eigenvalue weighted by Crippen LogP contribution is -2.12. The fourth-order valence-electron chi connectivity index (χ4n) is 3.36. The van der Waals surface area contributed by atoms with Crippen molar-refractivity contribution in [2.45, 2.75) is 104 Å². The van der Waals surface area contributed by atoms with Crippen molar-refractivity contribution in [1.82, 2.24) is 0 Å². The Morgan fingerprint density at radius 3 is 1.93 bits per heavy atom. The molecule has 0 atom stereocenters. The molecule has 0 fully saturated rings. The van der Waals surface area contributed by atoms with Gasteiger partial charge in [0.1, 0.15) is 6.61 Å². The maximum absolute atomic E-state index is 12.3. The Morgan fingerprint density at radius 2 is 1.36 bits per heavy atom. The number of carbonyl (C=O) groups excluding carboxylic acids is 2. The molecule has 0 amide bonds. The average Bonchev–Trinajstić information content (AvgIpc) is 2.70. The predicted octanol–water partition coefficient (Wildman–Crippen LogP) is 7.27. The molecule has 0 spiro atoms. The monoisotopic (exact) mass is 388 g/mol. The summed E-state index contributed by atoms with van der Waals surface area (Å²) >= 11 is 0. The number of carbonyl (C=O) groups is 2. The largest absolute Gasteiger partial charge is 0.461 e. The zero-order valence-corrected chi connectivity index (χ0v) is 18.3. The first-order chi connectivity index (χ1) is 13.6. The molecule has 0 heterocycles. The second-order valence-corrected chi connectivity index (χ2v) is 8.12. The number of benzene rings is 1. The number of esters is 1. The van der Waals surface area contributed by atoms with Crippen LogP contribution in [0.5, 0.6) is 0 Å². The lowest BCUT2D eigenvalue weighted by atomic mass is 9.97. The van der Waals surface area contributed by atoms with Gasteiger partial charge in [-0.1, -0.05) is 109 Å². The number of unbranched alkanes of at least 4 members (excludes halogenated alkanes) is 10. The quantitative estimate of drug-likeness (QED) is 0.170. The van der Waals surface area contributed by atoms with E-state index >= 15 is 0 Å². The number of rotatable bonds is 16. The molecule has 1 aromatic rings. The van der Waals surface area contributed by atoms with Crippen molar-refractivity contribution in [2.24, 2.45) is 5.92 Å². The third-order valence-electron chi connectivity index (χ3n) is 5.18. The first-order valence-electron chi connectivity index (χ1n) is 11.3. The summed E-state index contributed by atoms with van der Waals surface area (Å²) in [5, 5.41) is 0. The standard InChI is InChI=1S/C25H40O3/c1-4-5-6-7-8-9-10-11-12-13-14-19-24(26)28-20-22-17-15-16-18-23(22)25(27)21(2)3/h15-18,21H,4-14,19-20H2,1-3H3. The van der Waals surface area contributed by atoms with E-state index in [-0.39, 0.29) is 24.3 Å². The maximum Gasteiger partial charge on any atom is 0.306 e. The molecule has 0 aliphatic heterocycles. The summed E-state index contributed by atoms with van der Waals surface area (Å²) in [6.07, 6.45) is 14.4. The molecule has 0 unspecified atom stereocenters. The van der Waals surface area contributed by atoms with E-state index in [9.17, 15) is 9.59 Å². The van der Waals surface area contributed by atoms with Crippen molar-refractivity contribution >= 4 is 11.8 Å². The van der Waals surface area contributed by atoms with Gasteiger partial charge in [-0.15, -0.1) is 0 Å². The molecule has 0 N–H and O–H groups in total. The van der Waals surface area contributed by atoms with Gasteiger partial charge in [0.2, 0.25) is 0 Å². The predicted molar refractivity (Wildman–Crippen MR) is 116 cm³/mol. The zero-order valence-electron chi connectivity index (χ0n) is 18.3. The molecule has 1 rings (SSSR count). The second kappa shape index (κ2) is 15.3. The number of Topliss-reactive ketones (excluding diaryl/α,β-unsaturated/α-hetero) is 1. The normalized spacial score (nSPS) is 11.0. The van der Waals surface area contributed by atoms with E-state index in [1.807, 2.05) is 38.1 Å². The SMILES string of the molecule is CCCCCCCCCCCCCC(=O)OCc1ccccc1C(=O)C(C)C. The molecular formula is C25H40O3. The number of ketones is 1. The van der Waals surface area contributed by atoms with E-state index in [2.05, 4.69) is 6.92 Å². The summed E-state index contributed by atoms with van der Waals surface area (Å²) < 4.78 is 5.40. The minimum absolute atomic E-state index is 0.0619. The van der Waals surface area contributed by atoms with Crippen LogP contribution in [0.1, 0.15) is 114 Å². The number of hydrogen-bond acceptors (Lipinski definition) is 3. The van der Waals surface area contributed by atoms with Gasteiger partial charge in [-0.05, 0) is 6.42 Å². The van der Waals surface area contributed by atoms with Gasteiger partial charge < -0.3 is 4.74 Å². The molecule has 158 valence electrons. The number of hydrogen-bond donors (Lipinski definition) is 0. The van der Waals surface area contributed by atoms with E-state index in [1.54, 1.807) is 0 Å². The second-order valence-electron chi connectivity index (χ2n) is 8.12. The van der Waals surface area contributed by atoms with Crippen LogP contribution in [0.2, 0.25) is 0 Å². The molecule has 0 aliphatic rings. The molecule has 0 bridgehead atoms. The van der Waals surface area contributed by atoms with E-state index in [4.69, 9.17) is 4.74 Å². The summed E-state index contributed by atoms with van der Waals surface area (Å²) in [6, 6.07) is 7.41. The lowest BCUT2D eigenvalue weighted by Gasteiger charge is -2.11. The Hall–Kier alpha value is -1.64. The van der Waals surface area contributed by atoms with E-state index in [1.165, 1.54) is 57.8 Å². The first-order valence-corrected chi connectivity index (χ1v) is 11.3. The van der Waals surface area contributed by atoms with Gasteiger partial charge >= 0.3 is 5.97 Å². The minimum atomic E-state index is -0.164. The smallest absolute Gasteiger partial charge is 0.306 e. The van der Waals surface area contributed by atoms with Gasteiger partial charge in [0.15, 0.2) is 5.78 Å². The van der Waals surface area contributed by atoms with Crippen molar-refractivity contribution in [1.29, 1.82) is 0 Å². The molecule has 3 nitrogen and oxygen atoms in total. The van der Waals surface area contributed by atoms with Crippen LogP contribution in [0.3, 0.4) is 0 Å². The first kappa shape index (κ1) is 24.4. The number of ether oxygens (including phenoxy) is 1. The molecule has 0 saturated heterocycles. The minimum Gasteiger partial charge on any atom is -0.461 e. The molecule has 28 heavy (non-hydrogen) atoms. The zero-order chi connectivity index (χ0) is 20.6. The molecule has 0 aromatic heterocycles. The van der Waals surface area contributed by atoms with Gasteiger partial charge in [0.05, 0.1) is 0 Å². The molecular weight excluding hydrogens is 348 g/mol. The summed E-state index contributed by atoms with van der Waals surface area (Å²) in [4.78, 5) is 24.2.